The number of nitrogens with zero attached hydrogens (tertiary/aromatic N) is 2. The van der Waals surface area contributed by atoms with Gasteiger partial charge in [0, 0.05) is 25.9 Å². The first-order valence-electron chi connectivity index (χ1n) is 6.82. The second-order valence-electron chi connectivity index (χ2n) is 4.96. The van der Waals surface area contributed by atoms with Gasteiger partial charge in [-0.1, -0.05) is 18.2 Å². The molecule has 1 aromatic rings. The summed E-state index contributed by atoms with van der Waals surface area (Å²) in [5.74, 6) is -0.0255. The summed E-state index contributed by atoms with van der Waals surface area (Å²) >= 11 is 0. The third-order valence-electron chi connectivity index (χ3n) is 3.39. The zero-order chi connectivity index (χ0) is 14.4. The first kappa shape index (κ1) is 14.7. The minimum atomic E-state index is -0.120. The Morgan fingerprint density at radius 3 is 2.95 bits per heavy atom. The van der Waals surface area contributed by atoms with Crippen molar-refractivity contribution in [1.82, 2.24) is 9.88 Å². The summed E-state index contributed by atoms with van der Waals surface area (Å²) in [7, 11) is 1.63. The summed E-state index contributed by atoms with van der Waals surface area (Å²) in [6.45, 7) is 1.58. The van der Waals surface area contributed by atoms with Crippen molar-refractivity contribution in [2.24, 2.45) is 11.7 Å². The summed E-state index contributed by atoms with van der Waals surface area (Å²) in [4.78, 5) is 18.6. The molecular weight excluding hydrogens is 254 g/mol. The lowest BCUT2D eigenvalue weighted by Gasteiger charge is -2.25. The predicted molar refractivity (Wildman–Crippen MR) is 76.8 cm³/mol. The second-order valence-corrected chi connectivity index (χ2v) is 4.96. The Morgan fingerprint density at radius 1 is 1.50 bits per heavy atom. The van der Waals surface area contributed by atoms with E-state index in [1.807, 2.05) is 30.4 Å². The number of aromatic nitrogens is 1. The Hall–Kier alpha value is -1.72. The van der Waals surface area contributed by atoms with Crippen molar-refractivity contribution in [2.45, 2.75) is 19.0 Å². The van der Waals surface area contributed by atoms with Gasteiger partial charge in [0.2, 0.25) is 5.91 Å². The van der Waals surface area contributed by atoms with E-state index in [9.17, 15) is 4.79 Å². The normalized spacial score (nSPS) is 21.1. The van der Waals surface area contributed by atoms with Crippen LogP contribution in [0, 0.1) is 5.92 Å². The Morgan fingerprint density at radius 2 is 2.35 bits per heavy atom. The van der Waals surface area contributed by atoms with E-state index < -0.39 is 0 Å². The van der Waals surface area contributed by atoms with Crippen molar-refractivity contribution in [3.8, 4) is 0 Å². The number of pyridine rings is 1. The second kappa shape index (κ2) is 7.17. The molecule has 0 fully saturated rings. The number of methoxy groups -OCH3 is 1. The van der Waals surface area contributed by atoms with Crippen LogP contribution in [0.4, 0.5) is 0 Å². The highest BCUT2D eigenvalue weighted by atomic mass is 16.5. The van der Waals surface area contributed by atoms with Crippen LogP contribution in [-0.4, -0.2) is 42.1 Å². The molecule has 1 heterocycles. The Bertz CT molecular complexity index is 461. The maximum Gasteiger partial charge on any atom is 0.229 e. The number of nitrogens with two attached hydrogens (primary N) is 1. The van der Waals surface area contributed by atoms with Crippen LogP contribution in [-0.2, 0) is 16.1 Å². The number of amides is 1. The molecule has 1 aliphatic carbocycles. The third kappa shape index (κ3) is 3.88. The molecule has 2 N–H and O–H groups in total. The minimum absolute atomic E-state index is 0.0110. The fraction of sp³-hybridized carbons (Fsp3) is 0.467. The molecule has 0 aromatic carbocycles. The van der Waals surface area contributed by atoms with E-state index in [0.29, 0.717) is 26.1 Å². The Balaban J connectivity index is 2.03. The van der Waals surface area contributed by atoms with Crippen molar-refractivity contribution >= 4 is 5.91 Å². The monoisotopic (exact) mass is 275 g/mol. The van der Waals surface area contributed by atoms with E-state index in [0.717, 1.165) is 5.69 Å². The number of carbonyl (C=O) groups excluding carboxylic acids is 1. The van der Waals surface area contributed by atoms with E-state index >= 15 is 0 Å². The molecule has 5 nitrogen and oxygen atoms in total. The SMILES string of the molecule is COCCN(Cc1ccccn1)C(=O)C1C=CC(N)C1. The van der Waals surface area contributed by atoms with E-state index in [1.165, 1.54) is 0 Å². The van der Waals surface area contributed by atoms with Gasteiger partial charge in [0.15, 0.2) is 0 Å². The van der Waals surface area contributed by atoms with Crippen LogP contribution in [0.15, 0.2) is 36.5 Å². The van der Waals surface area contributed by atoms with Crippen LogP contribution in [0.25, 0.3) is 0 Å². The largest absolute Gasteiger partial charge is 0.383 e. The number of rotatable bonds is 6. The smallest absolute Gasteiger partial charge is 0.229 e. The molecule has 2 unspecified atom stereocenters. The van der Waals surface area contributed by atoms with Crippen LogP contribution in [0.2, 0.25) is 0 Å². The number of carbonyl (C=O) groups is 1. The number of ether oxygens (including phenoxy) is 1. The zero-order valence-corrected chi connectivity index (χ0v) is 11.7. The van der Waals surface area contributed by atoms with Gasteiger partial charge in [-0.2, -0.15) is 0 Å². The highest BCUT2D eigenvalue weighted by molar-refractivity contribution is 5.81. The van der Waals surface area contributed by atoms with Gasteiger partial charge in [0.25, 0.3) is 0 Å². The molecule has 0 saturated heterocycles. The maximum atomic E-state index is 12.5. The third-order valence-corrected chi connectivity index (χ3v) is 3.39. The first-order chi connectivity index (χ1) is 9.70. The van der Waals surface area contributed by atoms with Crippen LogP contribution in [0.3, 0.4) is 0 Å². The Labute approximate surface area is 119 Å². The van der Waals surface area contributed by atoms with E-state index in [4.69, 9.17) is 10.5 Å². The van der Waals surface area contributed by atoms with Crippen molar-refractivity contribution in [1.29, 1.82) is 0 Å². The van der Waals surface area contributed by atoms with Gasteiger partial charge in [-0.3, -0.25) is 9.78 Å². The van der Waals surface area contributed by atoms with Gasteiger partial charge in [-0.25, -0.2) is 0 Å². The maximum absolute atomic E-state index is 12.5. The van der Waals surface area contributed by atoms with Gasteiger partial charge in [0.05, 0.1) is 24.8 Å². The van der Waals surface area contributed by atoms with Crippen LogP contribution >= 0.6 is 0 Å². The van der Waals surface area contributed by atoms with Gasteiger partial charge < -0.3 is 15.4 Å². The van der Waals surface area contributed by atoms with Crippen molar-refractivity contribution in [3.05, 3.63) is 42.2 Å². The predicted octanol–water partition coefficient (Wildman–Crippen LogP) is 0.960. The van der Waals surface area contributed by atoms with Crippen LogP contribution in [0.5, 0.6) is 0 Å². The van der Waals surface area contributed by atoms with Crippen molar-refractivity contribution in [3.63, 3.8) is 0 Å². The van der Waals surface area contributed by atoms with E-state index in [1.54, 1.807) is 18.2 Å². The van der Waals surface area contributed by atoms with E-state index in [2.05, 4.69) is 4.98 Å². The highest BCUT2D eigenvalue weighted by Crippen LogP contribution is 2.20. The molecule has 5 heteroatoms. The standard InChI is InChI=1S/C15H21N3O2/c1-20-9-8-18(11-14-4-2-3-7-17-14)15(19)12-5-6-13(16)10-12/h2-7,12-13H,8-11,16H2,1H3. The molecule has 108 valence electrons. The van der Waals surface area contributed by atoms with Crippen LogP contribution < -0.4 is 5.73 Å². The lowest BCUT2D eigenvalue weighted by molar-refractivity contribution is -0.135. The van der Waals surface area contributed by atoms with Crippen molar-refractivity contribution < 1.29 is 9.53 Å². The highest BCUT2D eigenvalue weighted by Gasteiger charge is 2.27. The average molecular weight is 275 g/mol. The lowest BCUT2D eigenvalue weighted by Crippen LogP contribution is -2.38. The summed E-state index contributed by atoms with van der Waals surface area (Å²) < 4.78 is 5.09. The molecule has 0 aliphatic heterocycles. The fourth-order valence-electron chi connectivity index (χ4n) is 2.30. The molecule has 20 heavy (non-hydrogen) atoms. The molecule has 2 rings (SSSR count). The minimum Gasteiger partial charge on any atom is -0.383 e. The zero-order valence-electron chi connectivity index (χ0n) is 11.7. The summed E-state index contributed by atoms with van der Waals surface area (Å²) in [5, 5.41) is 0. The quantitative estimate of drug-likeness (QED) is 0.785. The summed E-state index contributed by atoms with van der Waals surface area (Å²) in [5.41, 5.74) is 6.70. The summed E-state index contributed by atoms with van der Waals surface area (Å²) in [6, 6.07) is 5.70. The lowest BCUT2D eigenvalue weighted by atomic mass is 10.1. The van der Waals surface area contributed by atoms with Gasteiger partial charge in [-0.05, 0) is 18.6 Å². The van der Waals surface area contributed by atoms with E-state index in [-0.39, 0.29) is 17.9 Å². The number of hydrogen-bond donors (Lipinski definition) is 1. The molecule has 1 aromatic heterocycles. The topological polar surface area (TPSA) is 68.5 Å². The molecule has 1 amide bonds. The first-order valence-corrected chi connectivity index (χ1v) is 6.82. The summed E-state index contributed by atoms with van der Waals surface area (Å²) in [6.07, 6.45) is 6.23. The molecule has 0 bridgehead atoms. The number of hydrogen-bond acceptors (Lipinski definition) is 4. The molecule has 2 atom stereocenters. The van der Waals surface area contributed by atoms with Crippen LogP contribution in [0.1, 0.15) is 12.1 Å². The molecule has 0 saturated carbocycles. The molecular formula is C15H21N3O2. The Kier molecular flexibility index (Phi) is 5.26. The van der Waals surface area contributed by atoms with Crippen molar-refractivity contribution in [2.75, 3.05) is 20.3 Å². The van der Waals surface area contributed by atoms with Gasteiger partial charge >= 0.3 is 0 Å². The van der Waals surface area contributed by atoms with Gasteiger partial charge in [-0.15, -0.1) is 0 Å². The fourth-order valence-corrected chi connectivity index (χ4v) is 2.30. The molecule has 0 spiro atoms. The average Bonchev–Trinajstić information content (AvgIpc) is 2.90. The molecule has 1 aliphatic rings. The molecule has 0 radical (unpaired) electrons. The van der Waals surface area contributed by atoms with Gasteiger partial charge in [0.1, 0.15) is 0 Å².